The molecule has 1 N–H and O–H groups in total. The van der Waals surface area contributed by atoms with E-state index in [4.69, 9.17) is 0 Å². The Balaban J connectivity index is 1.49. The quantitative estimate of drug-likeness (QED) is 0.869. The number of rotatable bonds is 3. The zero-order chi connectivity index (χ0) is 16.7. The lowest BCUT2D eigenvalue weighted by Crippen LogP contribution is -2.49. The second-order valence-electron chi connectivity index (χ2n) is 7.46. The first kappa shape index (κ1) is 15.6. The van der Waals surface area contributed by atoms with E-state index in [2.05, 4.69) is 34.5 Å². The summed E-state index contributed by atoms with van der Waals surface area (Å²) in [4.78, 5) is 28.9. The highest BCUT2D eigenvalue weighted by atomic mass is 16.2. The number of hydrogen-bond acceptors (Lipinski definition) is 3. The molecule has 2 fully saturated rings. The number of fused-ring (bicyclic) bond motifs is 1. The van der Waals surface area contributed by atoms with Gasteiger partial charge in [-0.15, -0.1) is 0 Å². The molecule has 3 amide bonds. The largest absolute Gasteiger partial charge is 0.326 e. The third-order valence-electron chi connectivity index (χ3n) is 5.95. The van der Waals surface area contributed by atoms with Crippen LogP contribution in [0.5, 0.6) is 0 Å². The Morgan fingerprint density at radius 3 is 2.75 bits per heavy atom. The van der Waals surface area contributed by atoms with Crippen LogP contribution < -0.4 is 5.32 Å². The van der Waals surface area contributed by atoms with Gasteiger partial charge < -0.3 is 5.32 Å². The number of amides is 3. The minimum atomic E-state index is -0.621. The molecule has 1 heterocycles. The van der Waals surface area contributed by atoms with Crippen LogP contribution in [0.25, 0.3) is 0 Å². The van der Waals surface area contributed by atoms with Crippen LogP contribution in [0.2, 0.25) is 0 Å². The van der Waals surface area contributed by atoms with Gasteiger partial charge in [-0.1, -0.05) is 43.5 Å². The fourth-order valence-electron chi connectivity index (χ4n) is 4.61. The average Bonchev–Trinajstić information content (AvgIpc) is 3.11. The highest BCUT2D eigenvalue weighted by Crippen LogP contribution is 2.37. The van der Waals surface area contributed by atoms with E-state index in [0.29, 0.717) is 6.67 Å². The van der Waals surface area contributed by atoms with E-state index in [-0.39, 0.29) is 18.0 Å². The first-order valence-electron chi connectivity index (χ1n) is 9.03. The van der Waals surface area contributed by atoms with Gasteiger partial charge in [0.15, 0.2) is 0 Å². The molecule has 0 bridgehead atoms. The molecule has 0 radical (unpaired) electrons. The SMILES string of the molecule is CN(CN1C(=O)NC2(CCCCC2)C1=O)[C@H]1CCc2ccccc21. The Kier molecular flexibility index (Phi) is 3.83. The van der Waals surface area contributed by atoms with Gasteiger partial charge >= 0.3 is 6.03 Å². The molecule has 2 aliphatic carbocycles. The minimum Gasteiger partial charge on any atom is -0.323 e. The van der Waals surface area contributed by atoms with Crippen molar-refractivity contribution in [3.05, 3.63) is 35.4 Å². The molecular weight excluding hydrogens is 302 g/mol. The molecule has 24 heavy (non-hydrogen) atoms. The van der Waals surface area contributed by atoms with Crippen molar-refractivity contribution in [2.75, 3.05) is 13.7 Å². The monoisotopic (exact) mass is 327 g/mol. The Morgan fingerprint density at radius 1 is 1.21 bits per heavy atom. The maximum absolute atomic E-state index is 12.9. The van der Waals surface area contributed by atoms with Crippen LogP contribution in [-0.4, -0.2) is 41.0 Å². The lowest BCUT2D eigenvalue weighted by molar-refractivity contribution is -0.134. The van der Waals surface area contributed by atoms with Crippen molar-refractivity contribution >= 4 is 11.9 Å². The molecule has 128 valence electrons. The molecule has 0 aromatic heterocycles. The summed E-state index contributed by atoms with van der Waals surface area (Å²) < 4.78 is 0. The van der Waals surface area contributed by atoms with Gasteiger partial charge in [0.1, 0.15) is 5.54 Å². The van der Waals surface area contributed by atoms with Crippen molar-refractivity contribution < 1.29 is 9.59 Å². The first-order valence-corrected chi connectivity index (χ1v) is 9.03. The van der Waals surface area contributed by atoms with Gasteiger partial charge in [0.2, 0.25) is 0 Å². The highest BCUT2D eigenvalue weighted by molar-refractivity contribution is 6.07. The fraction of sp³-hybridized carbons (Fsp3) is 0.579. The second kappa shape index (κ2) is 5.88. The summed E-state index contributed by atoms with van der Waals surface area (Å²) in [6.45, 7) is 0.366. The van der Waals surface area contributed by atoms with Crippen LogP contribution in [0.3, 0.4) is 0 Å². The van der Waals surface area contributed by atoms with Gasteiger partial charge in [0.25, 0.3) is 5.91 Å². The molecule has 1 spiro atoms. The molecule has 1 aromatic carbocycles. The van der Waals surface area contributed by atoms with Crippen LogP contribution in [0, 0.1) is 0 Å². The van der Waals surface area contributed by atoms with Crippen LogP contribution in [0.4, 0.5) is 4.79 Å². The summed E-state index contributed by atoms with van der Waals surface area (Å²) in [6, 6.07) is 8.54. The molecular formula is C19H25N3O2. The van der Waals surface area contributed by atoms with Crippen molar-refractivity contribution in [3.8, 4) is 0 Å². The predicted molar refractivity (Wildman–Crippen MR) is 91.3 cm³/mol. The number of imide groups is 1. The van der Waals surface area contributed by atoms with E-state index in [1.165, 1.54) is 16.0 Å². The molecule has 1 aromatic rings. The molecule has 1 aliphatic heterocycles. The molecule has 5 heteroatoms. The van der Waals surface area contributed by atoms with Crippen LogP contribution in [0.15, 0.2) is 24.3 Å². The molecule has 5 nitrogen and oxygen atoms in total. The van der Waals surface area contributed by atoms with Gasteiger partial charge in [-0.05, 0) is 43.9 Å². The predicted octanol–water partition coefficient (Wildman–Crippen LogP) is 2.82. The zero-order valence-electron chi connectivity index (χ0n) is 14.3. The van der Waals surface area contributed by atoms with Crippen LogP contribution >= 0.6 is 0 Å². The van der Waals surface area contributed by atoms with Gasteiger partial charge in [0.05, 0.1) is 6.67 Å². The number of nitrogens with one attached hydrogen (secondary N) is 1. The van der Waals surface area contributed by atoms with E-state index in [1.54, 1.807) is 0 Å². The lowest BCUT2D eigenvalue weighted by Gasteiger charge is -2.32. The number of hydrogen-bond donors (Lipinski definition) is 1. The van der Waals surface area contributed by atoms with Crippen molar-refractivity contribution in [1.29, 1.82) is 0 Å². The maximum Gasteiger partial charge on any atom is 0.326 e. The summed E-state index contributed by atoms with van der Waals surface area (Å²) in [5.41, 5.74) is 2.10. The molecule has 1 atom stereocenters. The first-order chi connectivity index (χ1) is 11.6. The van der Waals surface area contributed by atoms with E-state index >= 15 is 0 Å². The van der Waals surface area contributed by atoms with E-state index in [0.717, 1.165) is 44.9 Å². The number of benzene rings is 1. The third-order valence-corrected chi connectivity index (χ3v) is 5.95. The van der Waals surface area contributed by atoms with Crippen LogP contribution in [0.1, 0.15) is 55.7 Å². The van der Waals surface area contributed by atoms with Gasteiger partial charge in [0, 0.05) is 6.04 Å². The fourth-order valence-corrected chi connectivity index (χ4v) is 4.61. The molecule has 1 saturated carbocycles. The number of urea groups is 1. The van der Waals surface area contributed by atoms with Crippen molar-refractivity contribution in [3.63, 3.8) is 0 Å². The third kappa shape index (κ3) is 2.42. The highest BCUT2D eigenvalue weighted by Gasteiger charge is 2.51. The van der Waals surface area contributed by atoms with Crippen molar-refractivity contribution in [2.24, 2.45) is 0 Å². The van der Waals surface area contributed by atoms with Gasteiger partial charge in [-0.2, -0.15) is 0 Å². The van der Waals surface area contributed by atoms with Crippen molar-refractivity contribution in [1.82, 2.24) is 15.1 Å². The summed E-state index contributed by atoms with van der Waals surface area (Å²) in [7, 11) is 2.01. The molecule has 3 aliphatic rings. The summed E-state index contributed by atoms with van der Waals surface area (Å²) in [6.07, 6.45) is 6.87. The van der Waals surface area contributed by atoms with Crippen molar-refractivity contribution in [2.45, 2.75) is 56.5 Å². The summed E-state index contributed by atoms with van der Waals surface area (Å²) in [5.74, 6) is -0.0228. The normalized spacial score (nSPS) is 25.4. The molecule has 0 unspecified atom stereocenters. The Bertz CT molecular complexity index is 666. The van der Waals surface area contributed by atoms with E-state index in [1.807, 2.05) is 7.05 Å². The maximum atomic E-state index is 12.9. The number of carbonyl (C=O) groups is 2. The van der Waals surface area contributed by atoms with Gasteiger partial charge in [-0.25, -0.2) is 9.69 Å². The van der Waals surface area contributed by atoms with E-state index in [9.17, 15) is 9.59 Å². The molecule has 4 rings (SSSR count). The minimum absolute atomic E-state index is 0.0228. The van der Waals surface area contributed by atoms with Crippen LogP contribution in [-0.2, 0) is 11.2 Å². The standard InChI is InChI=1S/C19H25N3O2/c1-21(16-10-9-14-7-3-4-8-15(14)16)13-22-17(23)19(20-18(22)24)11-5-2-6-12-19/h3-4,7-8,16H,2,5-6,9-13H2,1H3,(H,20,24)/t16-/m0/s1. The summed E-state index contributed by atoms with van der Waals surface area (Å²) >= 11 is 0. The Morgan fingerprint density at radius 2 is 1.96 bits per heavy atom. The Hall–Kier alpha value is -1.88. The second-order valence-corrected chi connectivity index (χ2v) is 7.46. The topological polar surface area (TPSA) is 52.6 Å². The Labute approximate surface area is 143 Å². The number of aryl methyl sites for hydroxylation is 1. The lowest BCUT2D eigenvalue weighted by atomic mass is 9.82. The summed E-state index contributed by atoms with van der Waals surface area (Å²) in [5, 5.41) is 2.99. The zero-order valence-corrected chi connectivity index (χ0v) is 14.3. The smallest absolute Gasteiger partial charge is 0.323 e. The number of carbonyl (C=O) groups excluding carboxylic acids is 2. The van der Waals surface area contributed by atoms with Gasteiger partial charge in [-0.3, -0.25) is 9.69 Å². The average molecular weight is 327 g/mol. The molecule has 1 saturated heterocycles. The van der Waals surface area contributed by atoms with E-state index < -0.39 is 5.54 Å². The number of nitrogens with zero attached hydrogens (tertiary/aromatic N) is 2.